The van der Waals surface area contributed by atoms with Crippen LogP contribution in [0.3, 0.4) is 0 Å². The Balaban J connectivity index is 2.87. The molecule has 5 heteroatoms. The van der Waals surface area contributed by atoms with Crippen LogP contribution in [0.4, 0.5) is 4.79 Å². The van der Waals surface area contributed by atoms with Crippen LogP contribution in [-0.4, -0.2) is 16.4 Å². The number of rotatable bonds is 1. The maximum atomic E-state index is 11.1. The van der Waals surface area contributed by atoms with Crippen molar-refractivity contribution in [2.75, 3.05) is 0 Å². The van der Waals surface area contributed by atoms with Crippen LogP contribution < -0.4 is 5.32 Å². The van der Waals surface area contributed by atoms with Crippen LogP contribution in [0.25, 0.3) is 0 Å². The van der Waals surface area contributed by atoms with Crippen molar-refractivity contribution < 1.29 is 11.0 Å². The number of amides is 2. The minimum absolute atomic E-state index is 0.354. The van der Waals surface area contributed by atoms with Gasteiger partial charge in [-0.05, 0) is 0 Å². The molecule has 10 heavy (non-hydrogen) atoms. The normalized spacial score (nSPS) is 37.3. The molecule has 0 radical (unpaired) electrons. The number of carbonyl (C=O) groups excluding carboxylic acids is 2. The average molecular weight is 403 g/mol. The summed E-state index contributed by atoms with van der Waals surface area (Å²) in [5.41, 5.74) is 0. The van der Waals surface area contributed by atoms with E-state index in [9.17, 15) is 9.59 Å². The summed E-state index contributed by atoms with van der Waals surface area (Å²) in [6, 6.07) is 0. The second-order valence-corrected chi connectivity index (χ2v) is 5.49. The zero-order chi connectivity index (χ0) is 8.65. The molecule has 0 aromatic carbocycles. The molecule has 1 heterocycles. The van der Waals surface area contributed by atoms with E-state index >= 15 is 0 Å². The molecule has 2 unspecified atom stereocenters. The number of imide groups is 1. The molecule has 1 N–H and O–H groups in total. The molecular formula is C5H6MdNO2S. The molecule has 0 spiro atoms. The van der Waals surface area contributed by atoms with Gasteiger partial charge in [0.15, 0.2) is 0 Å². The SMILES string of the molecule is [2H]C(C)[C]1([Md])SC(=O)NC1=O. The van der Waals surface area contributed by atoms with Gasteiger partial charge in [-0.15, -0.1) is 0 Å². The monoisotopic (exact) mass is 403 g/mol. The van der Waals surface area contributed by atoms with Crippen molar-refractivity contribution in [3.05, 3.63) is 0 Å². The third kappa shape index (κ3) is 0.719. The number of hydrogen-bond donors (Lipinski definition) is 1. The Bertz CT molecular complexity index is 223. The van der Waals surface area contributed by atoms with Crippen molar-refractivity contribution in [3.8, 4) is 0 Å². The second kappa shape index (κ2) is 1.73. The van der Waals surface area contributed by atoms with Gasteiger partial charge in [-0.25, -0.2) is 0 Å². The van der Waals surface area contributed by atoms with Crippen LogP contribution in [0.2, 0.25) is 0 Å². The molecular weight excluding hydrogens is 396 g/mol. The van der Waals surface area contributed by atoms with Crippen molar-refractivity contribution in [2.24, 2.45) is 0 Å². The van der Waals surface area contributed by atoms with E-state index < -0.39 is 11.6 Å². The Morgan fingerprint density at radius 2 is 2.50 bits per heavy atom. The molecule has 0 saturated carbocycles. The summed E-state index contributed by atoms with van der Waals surface area (Å²) in [5, 5.41) is 0.889. The first-order chi connectivity index (χ1) is 4.97. The van der Waals surface area contributed by atoms with Gasteiger partial charge in [0, 0.05) is 0 Å². The molecule has 3 nitrogen and oxygen atoms in total. The molecule has 0 aromatic heterocycles. The van der Waals surface area contributed by atoms with E-state index in [-0.39, 0.29) is 11.1 Å². The molecule has 1 fully saturated rings. The van der Waals surface area contributed by atoms with Crippen LogP contribution in [-0.2, 0) is 4.79 Å². The van der Waals surface area contributed by atoms with Crippen molar-refractivity contribution in [1.82, 2.24) is 5.32 Å². The molecule has 1 saturated heterocycles. The molecule has 1 aliphatic rings. The zero-order valence-electron chi connectivity index (χ0n) is 6.08. The van der Waals surface area contributed by atoms with Gasteiger partial charge >= 0.3 is 57.8 Å². The predicted molar refractivity (Wildman–Crippen MR) is 34.2 cm³/mol. The Kier molecular flexibility index (Phi) is 0.917. The van der Waals surface area contributed by atoms with E-state index in [2.05, 4.69) is 5.32 Å². The number of hydrogen-bond acceptors (Lipinski definition) is 3. The van der Waals surface area contributed by atoms with Crippen molar-refractivity contribution in [3.63, 3.8) is 0 Å². The number of thioether (sulfide) groups is 1. The minimum atomic E-state index is -0.907. The first-order valence-corrected chi connectivity index (χ1v) is 4.54. The summed E-state index contributed by atoms with van der Waals surface area (Å²) >= 11 is 0.890. The van der Waals surface area contributed by atoms with Crippen LogP contribution in [0, 0.1) is 0 Å². The molecule has 1 aliphatic heterocycles. The van der Waals surface area contributed by atoms with Gasteiger partial charge in [0.25, 0.3) is 0 Å². The number of carbonyl (C=O) groups is 2. The summed E-state index contributed by atoms with van der Waals surface area (Å²) in [7, 11) is 0. The zero-order valence-corrected chi connectivity index (χ0v) is 8.21. The third-order valence-electron chi connectivity index (χ3n) is 1.08. The molecule has 2 amide bonds. The van der Waals surface area contributed by atoms with E-state index in [1.54, 1.807) is 6.92 Å². The standard InChI is InChI=1S/C5H6NO2S.Md/c1-2-3-4(7)6-5(8)9-3;/h2H2,1H3,(H,6,7,8);/i2D;. The van der Waals surface area contributed by atoms with Gasteiger partial charge in [-0.3, -0.25) is 0 Å². The first-order valence-electron chi connectivity index (χ1n) is 3.15. The topological polar surface area (TPSA) is 46.2 Å². The van der Waals surface area contributed by atoms with Crippen LogP contribution in [0.15, 0.2) is 0 Å². The van der Waals surface area contributed by atoms with Gasteiger partial charge in [-0.2, -0.15) is 0 Å². The Morgan fingerprint density at radius 3 is 2.70 bits per heavy atom. The van der Waals surface area contributed by atoms with Crippen molar-refractivity contribution in [1.29, 1.82) is 0 Å². The predicted octanol–water partition coefficient (Wildman–Crippen LogP) is 0.625. The van der Waals surface area contributed by atoms with E-state index in [0.29, 0.717) is 0 Å². The van der Waals surface area contributed by atoms with E-state index in [4.69, 9.17) is 1.37 Å². The molecule has 0 aromatic rings. The summed E-state index contributed by atoms with van der Waals surface area (Å²) < 4.78 is 9.08. The van der Waals surface area contributed by atoms with Crippen molar-refractivity contribution >= 4 is 22.9 Å². The summed E-state index contributed by atoms with van der Waals surface area (Å²) in [5.74, 6) is -0.359. The van der Waals surface area contributed by atoms with Crippen LogP contribution in [0.5, 0.6) is 0 Å². The van der Waals surface area contributed by atoms with E-state index in [0.717, 1.165) is 11.8 Å². The quantitative estimate of drug-likeness (QED) is 0.699. The molecule has 2 atom stereocenters. The fraction of sp³-hybridized carbons (Fsp3) is 0.600. The van der Waals surface area contributed by atoms with Crippen LogP contribution in [0.1, 0.15) is 14.7 Å². The molecule has 0 bridgehead atoms. The third-order valence-corrected chi connectivity index (χ3v) is 3.96. The van der Waals surface area contributed by atoms with Gasteiger partial charge < -0.3 is 0 Å². The van der Waals surface area contributed by atoms with Gasteiger partial charge in [0.2, 0.25) is 0 Å². The second-order valence-electron chi connectivity index (χ2n) is 1.70. The Hall–Kier alpha value is -1.51. The summed E-state index contributed by atoms with van der Waals surface area (Å²) in [6.07, 6.45) is -0.577. The molecule has 62 valence electrons. The Labute approximate surface area is 58.6 Å². The van der Waals surface area contributed by atoms with Gasteiger partial charge in [-0.1, -0.05) is 0 Å². The van der Waals surface area contributed by atoms with Gasteiger partial charge in [0.05, 0.1) is 0 Å². The Morgan fingerprint density at radius 1 is 1.90 bits per heavy atom. The fourth-order valence-electron chi connectivity index (χ4n) is 0.559. The summed E-state index contributed by atoms with van der Waals surface area (Å²) in [6.45, 7) is 1.60. The van der Waals surface area contributed by atoms with Gasteiger partial charge in [0.1, 0.15) is 0 Å². The number of nitrogens with one attached hydrogen (secondary N) is 1. The summed E-state index contributed by atoms with van der Waals surface area (Å²) in [4.78, 5) is 21.8. The first kappa shape index (κ1) is 5.29. The maximum absolute atomic E-state index is 11.1. The average Bonchev–Trinajstić information content (AvgIpc) is 2.08. The van der Waals surface area contributed by atoms with Crippen molar-refractivity contribution in [2.45, 2.75) is 18.6 Å². The van der Waals surface area contributed by atoms with Crippen LogP contribution >= 0.6 is 11.8 Å². The van der Waals surface area contributed by atoms with E-state index in [1.165, 1.54) is 0 Å². The molecule has 1 rings (SSSR count). The fourth-order valence-corrected chi connectivity index (χ4v) is 2.00. The van der Waals surface area contributed by atoms with E-state index in [1.807, 2.05) is 0 Å². The molecule has 0 aliphatic carbocycles.